The first kappa shape index (κ1) is 13.1. The van der Waals surface area contributed by atoms with Crippen molar-refractivity contribution in [1.29, 1.82) is 0 Å². The van der Waals surface area contributed by atoms with Crippen molar-refractivity contribution in [3.63, 3.8) is 0 Å². The summed E-state index contributed by atoms with van der Waals surface area (Å²) >= 11 is 0. The Labute approximate surface area is 121 Å². The molecule has 3 rings (SSSR count). The molecule has 1 aliphatic rings. The molecule has 1 heterocycles. The lowest BCUT2D eigenvalue weighted by atomic mass is 9.98. The zero-order chi connectivity index (χ0) is 14.3. The lowest BCUT2D eigenvalue weighted by Gasteiger charge is -2.11. The normalized spacial score (nSPS) is 16.5. The van der Waals surface area contributed by atoms with Crippen LogP contribution in [0.2, 0.25) is 0 Å². The molecule has 0 bridgehead atoms. The van der Waals surface area contributed by atoms with Gasteiger partial charge in [0.2, 0.25) is 0 Å². The molecule has 0 saturated heterocycles. The largest absolute Gasteiger partial charge is 0.248 e. The van der Waals surface area contributed by atoms with Gasteiger partial charge in [-0.2, -0.15) is 0 Å². The second-order valence-electron chi connectivity index (χ2n) is 5.76. The molecule has 0 amide bonds. The molecule has 0 unspecified atom stereocenters. The van der Waals surface area contributed by atoms with Gasteiger partial charge in [0.15, 0.2) is 0 Å². The predicted molar refractivity (Wildman–Crippen MR) is 87.1 cm³/mol. The third-order valence-corrected chi connectivity index (χ3v) is 4.25. The van der Waals surface area contributed by atoms with Gasteiger partial charge in [-0.25, -0.2) is 4.98 Å². The fourth-order valence-electron chi connectivity index (χ4n) is 3.24. The minimum absolute atomic E-state index is 1.11. The van der Waals surface area contributed by atoms with Crippen molar-refractivity contribution in [3.05, 3.63) is 58.3 Å². The average Bonchev–Trinajstić information content (AvgIpc) is 2.81. The summed E-state index contributed by atoms with van der Waals surface area (Å²) in [5.74, 6) is 0. The zero-order valence-corrected chi connectivity index (χ0v) is 12.7. The van der Waals surface area contributed by atoms with Crippen LogP contribution in [0.3, 0.4) is 0 Å². The van der Waals surface area contributed by atoms with E-state index in [9.17, 15) is 0 Å². The molecule has 2 aromatic rings. The summed E-state index contributed by atoms with van der Waals surface area (Å²) in [7, 11) is 0. The minimum atomic E-state index is 1.11. The average molecular weight is 263 g/mol. The van der Waals surface area contributed by atoms with E-state index in [1.807, 2.05) is 0 Å². The summed E-state index contributed by atoms with van der Waals surface area (Å²) in [6.45, 7) is 8.63. The maximum absolute atomic E-state index is 4.99. The van der Waals surface area contributed by atoms with E-state index in [1.54, 1.807) is 0 Å². The Morgan fingerprint density at radius 3 is 2.65 bits per heavy atom. The summed E-state index contributed by atoms with van der Waals surface area (Å²) in [5, 5.41) is 1.33. The zero-order valence-electron chi connectivity index (χ0n) is 12.7. The lowest BCUT2D eigenvalue weighted by Crippen LogP contribution is -1.96. The van der Waals surface area contributed by atoms with Gasteiger partial charge in [0, 0.05) is 5.39 Å². The van der Waals surface area contributed by atoms with Crippen LogP contribution >= 0.6 is 0 Å². The molecule has 0 aliphatic heterocycles. The summed E-state index contributed by atoms with van der Waals surface area (Å²) in [5.41, 5.74) is 9.23. The standard InChI is InChI=1S/C19H21N/c1-5-6-7-15-8-9-16-14(4)17-11-12(2)10-13(3)18(17)20-19(15)16/h5-7,10-11H,8-9H2,1-4H3/b6-5?,15-7+. The van der Waals surface area contributed by atoms with E-state index < -0.39 is 0 Å². The van der Waals surface area contributed by atoms with Gasteiger partial charge >= 0.3 is 0 Å². The van der Waals surface area contributed by atoms with Crippen LogP contribution in [0, 0.1) is 20.8 Å². The fourth-order valence-corrected chi connectivity index (χ4v) is 3.24. The molecular formula is C19H21N. The Morgan fingerprint density at radius 1 is 1.10 bits per heavy atom. The molecule has 20 heavy (non-hydrogen) atoms. The van der Waals surface area contributed by atoms with Crippen molar-refractivity contribution in [2.24, 2.45) is 0 Å². The molecule has 102 valence electrons. The SMILES string of the molecule is CC=C/C=C1\CCc2c1nc1c(C)cc(C)cc1c2C. The maximum atomic E-state index is 4.99. The van der Waals surface area contributed by atoms with Crippen LogP contribution < -0.4 is 0 Å². The number of aromatic nitrogens is 1. The summed E-state index contributed by atoms with van der Waals surface area (Å²) < 4.78 is 0. The van der Waals surface area contributed by atoms with Gasteiger partial charge < -0.3 is 0 Å². The van der Waals surface area contributed by atoms with Gasteiger partial charge in [-0.1, -0.05) is 29.9 Å². The molecule has 1 nitrogen and oxygen atoms in total. The minimum Gasteiger partial charge on any atom is -0.248 e. The lowest BCUT2D eigenvalue weighted by molar-refractivity contribution is 1.06. The van der Waals surface area contributed by atoms with Crippen molar-refractivity contribution >= 4 is 16.5 Å². The van der Waals surface area contributed by atoms with Crippen molar-refractivity contribution in [2.45, 2.75) is 40.5 Å². The van der Waals surface area contributed by atoms with E-state index in [4.69, 9.17) is 4.98 Å². The van der Waals surface area contributed by atoms with Crippen molar-refractivity contribution < 1.29 is 0 Å². The Balaban J connectivity index is 2.32. The summed E-state index contributed by atoms with van der Waals surface area (Å²) in [6, 6.07) is 4.50. The van der Waals surface area contributed by atoms with Gasteiger partial charge in [-0.05, 0) is 68.9 Å². The Bertz CT molecular complexity index is 748. The van der Waals surface area contributed by atoms with Gasteiger partial charge in [0.25, 0.3) is 0 Å². The molecule has 1 heteroatoms. The predicted octanol–water partition coefficient (Wildman–Crippen LogP) is 5.07. The molecule has 1 aromatic heterocycles. The molecule has 1 aromatic carbocycles. The Kier molecular flexibility index (Phi) is 3.21. The van der Waals surface area contributed by atoms with E-state index in [-0.39, 0.29) is 0 Å². The monoisotopic (exact) mass is 263 g/mol. The summed E-state index contributed by atoms with van der Waals surface area (Å²) in [6.07, 6.45) is 8.65. The molecule has 0 radical (unpaired) electrons. The maximum Gasteiger partial charge on any atom is 0.0741 e. The van der Waals surface area contributed by atoms with E-state index in [1.165, 1.54) is 44.4 Å². The van der Waals surface area contributed by atoms with Crippen LogP contribution in [0.5, 0.6) is 0 Å². The number of rotatable bonds is 1. The molecule has 0 atom stereocenters. The Morgan fingerprint density at radius 2 is 1.90 bits per heavy atom. The van der Waals surface area contributed by atoms with E-state index in [2.05, 4.69) is 58.1 Å². The number of aryl methyl sites for hydroxylation is 3. The van der Waals surface area contributed by atoms with Crippen molar-refractivity contribution in [1.82, 2.24) is 4.98 Å². The van der Waals surface area contributed by atoms with Gasteiger partial charge in [0.05, 0.1) is 11.2 Å². The molecule has 0 fully saturated rings. The van der Waals surface area contributed by atoms with Crippen LogP contribution in [-0.4, -0.2) is 4.98 Å². The van der Waals surface area contributed by atoms with E-state index in [0.29, 0.717) is 0 Å². The number of fused-ring (bicyclic) bond motifs is 2. The number of allylic oxidation sites excluding steroid dienone is 4. The summed E-state index contributed by atoms with van der Waals surface area (Å²) in [4.78, 5) is 4.99. The van der Waals surface area contributed by atoms with Crippen molar-refractivity contribution in [2.75, 3.05) is 0 Å². The highest BCUT2D eigenvalue weighted by Crippen LogP contribution is 2.36. The van der Waals surface area contributed by atoms with E-state index >= 15 is 0 Å². The highest BCUT2D eigenvalue weighted by atomic mass is 14.7. The van der Waals surface area contributed by atoms with E-state index in [0.717, 1.165) is 12.8 Å². The van der Waals surface area contributed by atoms with Crippen LogP contribution in [0.25, 0.3) is 16.5 Å². The number of benzene rings is 1. The quantitative estimate of drug-likeness (QED) is 0.700. The van der Waals surface area contributed by atoms with Gasteiger partial charge in [-0.15, -0.1) is 0 Å². The molecule has 1 aliphatic carbocycles. The fraction of sp³-hybridized carbons (Fsp3) is 0.316. The smallest absolute Gasteiger partial charge is 0.0741 e. The second-order valence-corrected chi connectivity index (χ2v) is 5.76. The van der Waals surface area contributed by atoms with Crippen molar-refractivity contribution in [3.8, 4) is 0 Å². The number of pyridine rings is 1. The number of hydrogen-bond donors (Lipinski definition) is 0. The first-order chi connectivity index (χ1) is 9.61. The molecule has 0 saturated carbocycles. The van der Waals surface area contributed by atoms with Crippen LogP contribution in [0.1, 0.15) is 41.3 Å². The second kappa shape index (κ2) is 4.90. The third-order valence-electron chi connectivity index (χ3n) is 4.25. The topological polar surface area (TPSA) is 12.9 Å². The molecule has 0 spiro atoms. The highest BCUT2D eigenvalue weighted by Gasteiger charge is 2.21. The Hall–Kier alpha value is -1.89. The van der Waals surface area contributed by atoms with Gasteiger partial charge in [0.1, 0.15) is 0 Å². The number of nitrogens with zero attached hydrogens (tertiary/aromatic N) is 1. The molecule has 0 N–H and O–H groups in total. The third kappa shape index (κ3) is 1.98. The first-order valence-corrected chi connectivity index (χ1v) is 7.34. The number of hydrogen-bond acceptors (Lipinski definition) is 1. The van der Waals surface area contributed by atoms with Gasteiger partial charge in [-0.3, -0.25) is 0 Å². The first-order valence-electron chi connectivity index (χ1n) is 7.34. The van der Waals surface area contributed by atoms with Crippen LogP contribution in [-0.2, 0) is 6.42 Å². The molecular weight excluding hydrogens is 242 g/mol. The van der Waals surface area contributed by atoms with Crippen LogP contribution in [0.15, 0.2) is 30.4 Å². The highest BCUT2D eigenvalue weighted by molar-refractivity contribution is 5.90. The van der Waals surface area contributed by atoms with Crippen LogP contribution in [0.4, 0.5) is 0 Å².